The summed E-state index contributed by atoms with van der Waals surface area (Å²) in [6, 6.07) is 11.5. The highest BCUT2D eigenvalue weighted by Gasteiger charge is 2.14. The first-order chi connectivity index (χ1) is 14.5. The Morgan fingerprint density at radius 2 is 1.93 bits per heavy atom. The van der Waals surface area contributed by atoms with E-state index in [-0.39, 0.29) is 5.91 Å². The van der Waals surface area contributed by atoms with E-state index in [2.05, 4.69) is 41.5 Å². The molecule has 0 fully saturated rings. The number of aromatic nitrogens is 3. The molecule has 0 aliphatic carbocycles. The van der Waals surface area contributed by atoms with Crippen molar-refractivity contribution in [3.05, 3.63) is 48.2 Å². The predicted octanol–water partition coefficient (Wildman–Crippen LogP) is 3.60. The van der Waals surface area contributed by atoms with Gasteiger partial charge in [-0.3, -0.25) is 4.79 Å². The van der Waals surface area contributed by atoms with Gasteiger partial charge in [-0.1, -0.05) is 51.5 Å². The number of hydrogen-bond donors (Lipinski definition) is 3. The number of nitrogens with zero attached hydrogens (tertiary/aromatic N) is 3. The van der Waals surface area contributed by atoms with E-state index < -0.39 is 6.04 Å². The van der Waals surface area contributed by atoms with Crippen molar-refractivity contribution in [2.45, 2.75) is 52.6 Å². The van der Waals surface area contributed by atoms with Gasteiger partial charge in [-0.15, -0.1) is 5.10 Å². The second kappa shape index (κ2) is 10.2. The lowest BCUT2D eigenvalue weighted by Gasteiger charge is -2.14. The molecular formula is C23H32N6O. The van der Waals surface area contributed by atoms with Crippen LogP contribution in [0.5, 0.6) is 0 Å². The first-order valence-electron chi connectivity index (χ1n) is 10.7. The highest BCUT2D eigenvalue weighted by atomic mass is 16.2. The molecule has 0 aliphatic rings. The summed E-state index contributed by atoms with van der Waals surface area (Å²) in [5, 5.41) is 11.0. The highest BCUT2D eigenvalue weighted by Crippen LogP contribution is 2.21. The molecule has 2 heterocycles. The van der Waals surface area contributed by atoms with E-state index in [9.17, 15) is 4.79 Å². The third kappa shape index (κ3) is 5.57. The Labute approximate surface area is 178 Å². The van der Waals surface area contributed by atoms with E-state index >= 15 is 0 Å². The fourth-order valence-corrected chi connectivity index (χ4v) is 3.29. The molecule has 7 heteroatoms. The van der Waals surface area contributed by atoms with E-state index in [0.29, 0.717) is 18.9 Å². The number of nitrogens with two attached hydrogens (primary N) is 1. The SMILES string of the molecule is CCCCNc1ccc2ncc(-c3ccc(CNC(=O)C(N)CC(C)C)cc3)n2n1. The third-order valence-electron chi connectivity index (χ3n) is 4.98. The van der Waals surface area contributed by atoms with Crippen molar-refractivity contribution in [3.63, 3.8) is 0 Å². The van der Waals surface area contributed by atoms with Crippen molar-refractivity contribution in [3.8, 4) is 11.3 Å². The summed E-state index contributed by atoms with van der Waals surface area (Å²) in [6.45, 7) is 7.65. The number of hydrogen-bond acceptors (Lipinski definition) is 5. The molecule has 2 aromatic heterocycles. The van der Waals surface area contributed by atoms with Crippen LogP contribution in [0.2, 0.25) is 0 Å². The minimum atomic E-state index is -0.464. The normalized spacial score (nSPS) is 12.3. The monoisotopic (exact) mass is 408 g/mol. The van der Waals surface area contributed by atoms with Crippen LogP contribution in [0, 0.1) is 5.92 Å². The van der Waals surface area contributed by atoms with E-state index in [4.69, 9.17) is 5.73 Å². The van der Waals surface area contributed by atoms with Crippen LogP contribution in [-0.2, 0) is 11.3 Å². The van der Waals surface area contributed by atoms with Crippen molar-refractivity contribution in [1.82, 2.24) is 19.9 Å². The number of benzene rings is 1. The quantitative estimate of drug-likeness (QED) is 0.445. The molecule has 0 spiro atoms. The Hall–Kier alpha value is -2.93. The van der Waals surface area contributed by atoms with Gasteiger partial charge in [0.15, 0.2) is 5.65 Å². The predicted molar refractivity (Wildman–Crippen MR) is 121 cm³/mol. The molecule has 4 N–H and O–H groups in total. The van der Waals surface area contributed by atoms with Gasteiger partial charge in [0, 0.05) is 18.7 Å². The van der Waals surface area contributed by atoms with Crippen LogP contribution in [0.3, 0.4) is 0 Å². The zero-order chi connectivity index (χ0) is 21.5. The van der Waals surface area contributed by atoms with Crippen molar-refractivity contribution in [2.24, 2.45) is 11.7 Å². The number of rotatable bonds is 10. The van der Waals surface area contributed by atoms with Gasteiger partial charge in [-0.05, 0) is 36.5 Å². The summed E-state index contributed by atoms with van der Waals surface area (Å²) in [6.07, 6.45) is 4.76. The van der Waals surface area contributed by atoms with Crippen LogP contribution in [-0.4, -0.2) is 33.1 Å². The molecule has 1 aromatic carbocycles. The van der Waals surface area contributed by atoms with Crippen LogP contribution in [0.15, 0.2) is 42.6 Å². The average Bonchev–Trinajstić information content (AvgIpc) is 3.15. The van der Waals surface area contributed by atoms with Gasteiger partial charge in [-0.25, -0.2) is 9.50 Å². The summed E-state index contributed by atoms with van der Waals surface area (Å²) < 4.78 is 1.86. The summed E-state index contributed by atoms with van der Waals surface area (Å²) in [5.74, 6) is 1.13. The van der Waals surface area contributed by atoms with Crippen molar-refractivity contribution < 1.29 is 4.79 Å². The first-order valence-corrected chi connectivity index (χ1v) is 10.7. The van der Waals surface area contributed by atoms with Gasteiger partial charge in [-0.2, -0.15) is 0 Å². The van der Waals surface area contributed by atoms with Crippen LogP contribution in [0.1, 0.15) is 45.6 Å². The number of imidazole rings is 1. The van der Waals surface area contributed by atoms with Crippen molar-refractivity contribution in [2.75, 3.05) is 11.9 Å². The number of anilines is 1. The summed E-state index contributed by atoms with van der Waals surface area (Å²) in [4.78, 5) is 16.6. The van der Waals surface area contributed by atoms with Crippen molar-refractivity contribution in [1.29, 1.82) is 0 Å². The number of nitrogens with one attached hydrogen (secondary N) is 2. The first kappa shape index (κ1) is 21.8. The minimum Gasteiger partial charge on any atom is -0.369 e. The Morgan fingerprint density at radius 1 is 1.17 bits per heavy atom. The lowest BCUT2D eigenvalue weighted by Crippen LogP contribution is -2.40. The Bertz CT molecular complexity index is 963. The Kier molecular flexibility index (Phi) is 7.41. The van der Waals surface area contributed by atoms with E-state index in [1.54, 1.807) is 0 Å². The minimum absolute atomic E-state index is 0.109. The van der Waals surface area contributed by atoms with Gasteiger partial charge < -0.3 is 16.4 Å². The number of carbonyl (C=O) groups is 1. The Balaban J connectivity index is 1.67. The van der Waals surface area contributed by atoms with Gasteiger partial charge in [0.1, 0.15) is 5.82 Å². The van der Waals surface area contributed by atoms with E-state index in [1.165, 1.54) is 0 Å². The fourth-order valence-electron chi connectivity index (χ4n) is 3.29. The largest absolute Gasteiger partial charge is 0.369 e. The number of amides is 1. The molecular weight excluding hydrogens is 376 g/mol. The second-order valence-electron chi connectivity index (χ2n) is 8.06. The van der Waals surface area contributed by atoms with Crippen molar-refractivity contribution >= 4 is 17.4 Å². The lowest BCUT2D eigenvalue weighted by atomic mass is 10.0. The van der Waals surface area contributed by atoms with Crippen LogP contribution in [0.25, 0.3) is 16.9 Å². The summed E-state index contributed by atoms with van der Waals surface area (Å²) in [7, 11) is 0. The molecule has 0 radical (unpaired) electrons. The fraction of sp³-hybridized carbons (Fsp3) is 0.435. The lowest BCUT2D eigenvalue weighted by molar-refractivity contribution is -0.122. The zero-order valence-corrected chi connectivity index (χ0v) is 18.1. The van der Waals surface area contributed by atoms with Gasteiger partial charge >= 0.3 is 0 Å². The standard InChI is InChI=1S/C23H32N6O/c1-4-5-12-25-21-10-11-22-26-15-20(29(22)28-21)18-8-6-17(7-9-18)14-27-23(30)19(24)13-16(2)3/h6-11,15-16,19H,4-5,12-14,24H2,1-3H3,(H,25,28)(H,27,30). The summed E-state index contributed by atoms with van der Waals surface area (Å²) in [5.41, 5.74) is 9.72. The van der Waals surface area contributed by atoms with Gasteiger partial charge in [0.05, 0.1) is 17.9 Å². The van der Waals surface area contributed by atoms with E-state index in [0.717, 1.165) is 47.7 Å². The molecule has 7 nitrogen and oxygen atoms in total. The van der Waals surface area contributed by atoms with Crippen LogP contribution >= 0.6 is 0 Å². The second-order valence-corrected chi connectivity index (χ2v) is 8.06. The molecule has 3 rings (SSSR count). The van der Waals surface area contributed by atoms with E-state index in [1.807, 2.05) is 47.1 Å². The number of fused-ring (bicyclic) bond motifs is 1. The maximum absolute atomic E-state index is 12.1. The maximum atomic E-state index is 12.1. The maximum Gasteiger partial charge on any atom is 0.237 e. The van der Waals surface area contributed by atoms with Crippen LogP contribution < -0.4 is 16.4 Å². The zero-order valence-electron chi connectivity index (χ0n) is 18.1. The topological polar surface area (TPSA) is 97.3 Å². The van der Waals surface area contributed by atoms with Crippen LogP contribution in [0.4, 0.5) is 5.82 Å². The van der Waals surface area contributed by atoms with Gasteiger partial charge in [0.25, 0.3) is 0 Å². The summed E-state index contributed by atoms with van der Waals surface area (Å²) >= 11 is 0. The Morgan fingerprint density at radius 3 is 2.63 bits per heavy atom. The molecule has 1 atom stereocenters. The van der Waals surface area contributed by atoms with Gasteiger partial charge in [0.2, 0.25) is 5.91 Å². The number of unbranched alkanes of at least 4 members (excludes halogenated alkanes) is 1. The average molecular weight is 409 g/mol. The smallest absolute Gasteiger partial charge is 0.237 e. The molecule has 0 bridgehead atoms. The molecule has 160 valence electrons. The molecule has 0 saturated heterocycles. The molecule has 0 saturated carbocycles. The molecule has 3 aromatic rings. The number of carbonyl (C=O) groups excluding carboxylic acids is 1. The third-order valence-corrected chi connectivity index (χ3v) is 4.98. The molecule has 1 amide bonds. The molecule has 0 aliphatic heterocycles. The highest BCUT2D eigenvalue weighted by molar-refractivity contribution is 5.81. The molecule has 1 unspecified atom stereocenters. The molecule has 30 heavy (non-hydrogen) atoms.